The average molecular weight is 283 g/mol. The number of para-hydroxylation sites is 1. The van der Waals surface area contributed by atoms with E-state index in [2.05, 4.69) is 16.0 Å². The molecule has 0 aliphatic carbocycles. The van der Waals surface area contributed by atoms with Crippen molar-refractivity contribution in [1.29, 1.82) is 0 Å². The summed E-state index contributed by atoms with van der Waals surface area (Å²) >= 11 is 0. The molecule has 0 atom stereocenters. The number of anilines is 2. The third-order valence-electron chi connectivity index (χ3n) is 2.86. The lowest BCUT2D eigenvalue weighted by Crippen LogP contribution is -2.22. The molecule has 2 aromatic carbocycles. The number of nitrogens with one attached hydrogen (secondary N) is 3. The van der Waals surface area contributed by atoms with Crippen LogP contribution in [0.4, 0.5) is 11.4 Å². The van der Waals surface area contributed by atoms with Gasteiger partial charge in [-0.3, -0.25) is 9.59 Å². The van der Waals surface area contributed by atoms with Crippen molar-refractivity contribution in [3.8, 4) is 0 Å². The van der Waals surface area contributed by atoms with Gasteiger partial charge < -0.3 is 16.0 Å². The van der Waals surface area contributed by atoms with Crippen LogP contribution < -0.4 is 16.0 Å². The molecule has 0 aliphatic heterocycles. The van der Waals surface area contributed by atoms with E-state index in [0.717, 1.165) is 11.4 Å². The Morgan fingerprint density at radius 1 is 0.952 bits per heavy atom. The van der Waals surface area contributed by atoms with Gasteiger partial charge in [0, 0.05) is 24.0 Å². The van der Waals surface area contributed by atoms with Gasteiger partial charge in [-0.05, 0) is 30.3 Å². The molecule has 0 radical (unpaired) electrons. The van der Waals surface area contributed by atoms with Gasteiger partial charge in [-0.2, -0.15) is 0 Å². The Hall–Kier alpha value is -2.82. The molecule has 0 aromatic heterocycles. The first-order valence-electron chi connectivity index (χ1n) is 6.60. The normalized spacial score (nSPS) is 9.76. The summed E-state index contributed by atoms with van der Waals surface area (Å²) in [6.45, 7) is 0.131. The summed E-state index contributed by atoms with van der Waals surface area (Å²) in [6.07, 6.45) is 0. The van der Waals surface area contributed by atoms with Crippen molar-refractivity contribution in [1.82, 2.24) is 5.32 Å². The maximum Gasteiger partial charge on any atom is 0.251 e. The van der Waals surface area contributed by atoms with Crippen LogP contribution >= 0.6 is 0 Å². The zero-order valence-electron chi connectivity index (χ0n) is 11.7. The summed E-state index contributed by atoms with van der Waals surface area (Å²) in [4.78, 5) is 23.3. The Balaban J connectivity index is 1.91. The van der Waals surface area contributed by atoms with Crippen LogP contribution in [0.25, 0.3) is 0 Å². The van der Waals surface area contributed by atoms with Gasteiger partial charge in [0.25, 0.3) is 5.91 Å². The molecule has 5 heteroatoms. The highest BCUT2D eigenvalue weighted by Crippen LogP contribution is 2.10. The first-order valence-corrected chi connectivity index (χ1v) is 6.60. The maximum atomic E-state index is 11.8. The van der Waals surface area contributed by atoms with E-state index in [1.54, 1.807) is 25.2 Å². The van der Waals surface area contributed by atoms with Crippen molar-refractivity contribution in [3.63, 3.8) is 0 Å². The smallest absolute Gasteiger partial charge is 0.251 e. The number of carbonyl (C=O) groups is 2. The molecular formula is C16H17N3O2. The average Bonchev–Trinajstić information content (AvgIpc) is 2.53. The molecule has 5 nitrogen and oxygen atoms in total. The van der Waals surface area contributed by atoms with Crippen LogP contribution in [0.5, 0.6) is 0 Å². The van der Waals surface area contributed by atoms with Gasteiger partial charge in [0.2, 0.25) is 5.91 Å². The van der Waals surface area contributed by atoms with E-state index >= 15 is 0 Å². The van der Waals surface area contributed by atoms with Crippen molar-refractivity contribution in [2.75, 3.05) is 24.2 Å². The fraction of sp³-hybridized carbons (Fsp3) is 0.125. The predicted octanol–water partition coefficient (Wildman–Crippen LogP) is 2.10. The fourth-order valence-electron chi connectivity index (χ4n) is 1.82. The van der Waals surface area contributed by atoms with E-state index < -0.39 is 0 Å². The van der Waals surface area contributed by atoms with Gasteiger partial charge in [-0.1, -0.05) is 24.3 Å². The molecule has 3 N–H and O–H groups in total. The molecule has 0 heterocycles. The topological polar surface area (TPSA) is 70.2 Å². The van der Waals surface area contributed by atoms with Crippen LogP contribution in [-0.4, -0.2) is 25.4 Å². The molecule has 0 fully saturated rings. The van der Waals surface area contributed by atoms with Crippen LogP contribution in [0.15, 0.2) is 54.6 Å². The first-order chi connectivity index (χ1) is 10.2. The van der Waals surface area contributed by atoms with Gasteiger partial charge in [0.15, 0.2) is 0 Å². The minimum absolute atomic E-state index is 0.131. The SMILES string of the molecule is CNC(=O)c1cccc(NCC(=O)Nc2ccccc2)c1. The maximum absolute atomic E-state index is 11.8. The lowest BCUT2D eigenvalue weighted by Gasteiger charge is -2.09. The number of amides is 2. The van der Waals surface area contributed by atoms with Crippen molar-refractivity contribution >= 4 is 23.2 Å². The first kappa shape index (κ1) is 14.6. The number of carbonyl (C=O) groups excluding carboxylic acids is 2. The number of benzene rings is 2. The Morgan fingerprint density at radius 3 is 2.38 bits per heavy atom. The second-order valence-electron chi connectivity index (χ2n) is 4.43. The fourth-order valence-corrected chi connectivity index (χ4v) is 1.82. The van der Waals surface area contributed by atoms with E-state index in [1.165, 1.54) is 0 Å². The Kier molecular flexibility index (Phi) is 4.93. The molecule has 2 amide bonds. The summed E-state index contributed by atoms with van der Waals surface area (Å²) in [7, 11) is 1.58. The molecule has 0 aliphatic rings. The molecule has 0 spiro atoms. The van der Waals surface area contributed by atoms with Crippen molar-refractivity contribution in [2.24, 2.45) is 0 Å². The Bertz CT molecular complexity index is 626. The second-order valence-corrected chi connectivity index (χ2v) is 4.43. The van der Waals surface area contributed by atoms with Crippen molar-refractivity contribution in [3.05, 3.63) is 60.2 Å². The highest BCUT2D eigenvalue weighted by molar-refractivity contribution is 5.96. The van der Waals surface area contributed by atoms with Crippen LogP contribution in [0.1, 0.15) is 10.4 Å². The number of rotatable bonds is 5. The monoisotopic (exact) mass is 283 g/mol. The Labute approximate surface area is 123 Å². The predicted molar refractivity (Wildman–Crippen MR) is 83.4 cm³/mol. The lowest BCUT2D eigenvalue weighted by molar-refractivity contribution is -0.114. The van der Waals surface area contributed by atoms with E-state index in [-0.39, 0.29) is 18.4 Å². The van der Waals surface area contributed by atoms with Crippen LogP contribution in [0.3, 0.4) is 0 Å². The summed E-state index contributed by atoms with van der Waals surface area (Å²) in [5.41, 5.74) is 2.02. The van der Waals surface area contributed by atoms with Crippen LogP contribution in [0.2, 0.25) is 0 Å². The van der Waals surface area contributed by atoms with E-state index in [9.17, 15) is 9.59 Å². The molecule has 0 saturated heterocycles. The minimum atomic E-state index is -0.160. The van der Waals surface area contributed by atoms with Gasteiger partial charge in [0.1, 0.15) is 0 Å². The zero-order valence-corrected chi connectivity index (χ0v) is 11.7. The summed E-state index contributed by atoms with van der Waals surface area (Å²) in [5.74, 6) is -0.307. The zero-order chi connectivity index (χ0) is 15.1. The van der Waals surface area contributed by atoms with E-state index in [0.29, 0.717) is 5.56 Å². The van der Waals surface area contributed by atoms with Gasteiger partial charge in [-0.25, -0.2) is 0 Å². The molecule has 21 heavy (non-hydrogen) atoms. The molecule has 2 aromatic rings. The Morgan fingerprint density at radius 2 is 1.67 bits per heavy atom. The van der Waals surface area contributed by atoms with Crippen molar-refractivity contribution < 1.29 is 9.59 Å². The quantitative estimate of drug-likeness (QED) is 0.787. The number of hydrogen-bond acceptors (Lipinski definition) is 3. The van der Waals surface area contributed by atoms with Crippen molar-refractivity contribution in [2.45, 2.75) is 0 Å². The summed E-state index contributed by atoms with van der Waals surface area (Å²) in [6, 6.07) is 16.2. The minimum Gasteiger partial charge on any atom is -0.376 e. The largest absolute Gasteiger partial charge is 0.376 e. The second kappa shape index (κ2) is 7.09. The lowest BCUT2D eigenvalue weighted by atomic mass is 10.2. The standard InChI is InChI=1S/C16H17N3O2/c1-17-16(21)12-6-5-9-14(10-12)18-11-15(20)19-13-7-3-2-4-8-13/h2-10,18H,11H2,1H3,(H,17,21)(H,19,20). The molecule has 0 bridgehead atoms. The summed E-state index contributed by atoms with van der Waals surface area (Å²) < 4.78 is 0. The van der Waals surface area contributed by atoms with Gasteiger partial charge in [0.05, 0.1) is 6.54 Å². The third-order valence-corrected chi connectivity index (χ3v) is 2.86. The van der Waals surface area contributed by atoms with Crippen LogP contribution in [0, 0.1) is 0 Å². The van der Waals surface area contributed by atoms with E-state index in [4.69, 9.17) is 0 Å². The van der Waals surface area contributed by atoms with Gasteiger partial charge in [-0.15, -0.1) is 0 Å². The summed E-state index contributed by atoms with van der Waals surface area (Å²) in [5, 5.41) is 8.33. The molecule has 108 valence electrons. The highest BCUT2D eigenvalue weighted by Gasteiger charge is 2.05. The molecule has 0 unspecified atom stereocenters. The van der Waals surface area contributed by atoms with Crippen LogP contribution in [-0.2, 0) is 4.79 Å². The van der Waals surface area contributed by atoms with E-state index in [1.807, 2.05) is 36.4 Å². The molecule has 0 saturated carbocycles. The third kappa shape index (κ3) is 4.35. The highest BCUT2D eigenvalue weighted by atomic mass is 16.2. The molecular weight excluding hydrogens is 266 g/mol. The number of hydrogen-bond donors (Lipinski definition) is 3. The van der Waals surface area contributed by atoms with Gasteiger partial charge >= 0.3 is 0 Å². The molecule has 2 rings (SSSR count).